The van der Waals surface area contributed by atoms with Crippen molar-refractivity contribution in [1.29, 1.82) is 0 Å². The van der Waals surface area contributed by atoms with Gasteiger partial charge in [-0.25, -0.2) is 4.90 Å². The third kappa shape index (κ3) is 3.56. The van der Waals surface area contributed by atoms with Gasteiger partial charge in [-0.3, -0.25) is 19.4 Å². The lowest BCUT2D eigenvalue weighted by Gasteiger charge is -2.20. The first kappa shape index (κ1) is 19.4. The van der Waals surface area contributed by atoms with Gasteiger partial charge in [-0.05, 0) is 42.8 Å². The second-order valence-electron chi connectivity index (χ2n) is 6.70. The summed E-state index contributed by atoms with van der Waals surface area (Å²) < 4.78 is 0. The summed E-state index contributed by atoms with van der Waals surface area (Å²) in [6.45, 7) is 1.58. The number of amides is 3. The molecule has 29 heavy (non-hydrogen) atoms. The number of hydrogen-bond acceptors (Lipinski definition) is 6. The fourth-order valence-electron chi connectivity index (χ4n) is 3.24. The van der Waals surface area contributed by atoms with E-state index in [0.29, 0.717) is 21.4 Å². The van der Waals surface area contributed by atoms with Crippen LogP contribution in [0.1, 0.15) is 5.56 Å². The first-order chi connectivity index (χ1) is 13.8. The highest BCUT2D eigenvalue weighted by Gasteiger charge is 2.55. The lowest BCUT2D eigenvalue weighted by molar-refractivity contribution is -0.123. The van der Waals surface area contributed by atoms with Crippen LogP contribution >= 0.6 is 23.2 Å². The number of carbonyl (C=O) groups is 3. The fourth-order valence-corrected chi connectivity index (χ4v) is 3.61. The zero-order valence-electron chi connectivity index (χ0n) is 15.2. The molecular weight excluding hydrogens is 417 g/mol. The van der Waals surface area contributed by atoms with Gasteiger partial charge in [0.05, 0.1) is 5.69 Å². The molecule has 2 aliphatic heterocycles. The Bertz CT molecular complexity index is 1060. The zero-order valence-corrected chi connectivity index (χ0v) is 16.7. The zero-order chi connectivity index (χ0) is 20.7. The van der Waals surface area contributed by atoms with Gasteiger partial charge in [-0.2, -0.15) is 5.11 Å². The molecular formula is C19H15Cl2N5O3. The quantitative estimate of drug-likeness (QED) is 0.751. The standard InChI is InChI=1S/C19H15Cl2N5O3/c1-10-5-6-13(8-14(10)21)26-18(28)16-17(19(26)29)25(24-23-16)9-15(27)22-12-4-2-3-11(20)7-12/h2-8,16-17H,9H2,1H3,(H,22,27)/t16-,17-/m0/s1. The van der Waals surface area contributed by atoms with Crippen molar-refractivity contribution in [2.24, 2.45) is 10.3 Å². The van der Waals surface area contributed by atoms with E-state index in [1.165, 1.54) is 5.01 Å². The van der Waals surface area contributed by atoms with Crippen LogP contribution in [0.4, 0.5) is 11.4 Å². The van der Waals surface area contributed by atoms with Crippen molar-refractivity contribution < 1.29 is 14.4 Å². The molecule has 148 valence electrons. The minimum Gasteiger partial charge on any atom is -0.324 e. The van der Waals surface area contributed by atoms with E-state index in [2.05, 4.69) is 15.7 Å². The third-order valence-corrected chi connectivity index (χ3v) is 5.33. The average Bonchev–Trinajstić information content (AvgIpc) is 3.18. The van der Waals surface area contributed by atoms with E-state index in [1.807, 2.05) is 6.92 Å². The van der Waals surface area contributed by atoms with Crippen LogP contribution in [0.3, 0.4) is 0 Å². The smallest absolute Gasteiger partial charge is 0.263 e. The summed E-state index contributed by atoms with van der Waals surface area (Å²) in [5.74, 6) is -1.41. The summed E-state index contributed by atoms with van der Waals surface area (Å²) in [7, 11) is 0. The van der Waals surface area contributed by atoms with Gasteiger partial charge in [0.15, 0.2) is 12.1 Å². The van der Waals surface area contributed by atoms with Gasteiger partial charge in [0.2, 0.25) is 5.91 Å². The maximum absolute atomic E-state index is 12.9. The number of nitrogens with zero attached hydrogens (tertiary/aromatic N) is 4. The Morgan fingerprint density at radius 3 is 2.66 bits per heavy atom. The van der Waals surface area contributed by atoms with Crippen LogP contribution in [-0.2, 0) is 14.4 Å². The molecule has 4 rings (SSSR count). The van der Waals surface area contributed by atoms with E-state index in [4.69, 9.17) is 23.2 Å². The molecule has 3 amide bonds. The normalized spacial score (nSPS) is 20.4. The number of nitrogens with one attached hydrogen (secondary N) is 1. The third-order valence-electron chi connectivity index (χ3n) is 4.69. The maximum atomic E-state index is 12.9. The van der Waals surface area contributed by atoms with Gasteiger partial charge in [0.25, 0.3) is 11.8 Å². The minimum atomic E-state index is -0.985. The lowest BCUT2D eigenvalue weighted by Crippen LogP contribution is -2.43. The second-order valence-corrected chi connectivity index (χ2v) is 7.54. The number of carbonyl (C=O) groups excluding carboxylic acids is 3. The summed E-state index contributed by atoms with van der Waals surface area (Å²) in [4.78, 5) is 39.1. The van der Waals surface area contributed by atoms with Gasteiger partial charge in [0.1, 0.15) is 6.54 Å². The first-order valence-electron chi connectivity index (χ1n) is 8.72. The van der Waals surface area contributed by atoms with Crippen molar-refractivity contribution in [2.75, 3.05) is 16.8 Å². The molecule has 0 aliphatic carbocycles. The first-order valence-corrected chi connectivity index (χ1v) is 9.47. The van der Waals surface area contributed by atoms with E-state index in [9.17, 15) is 14.4 Å². The molecule has 8 nitrogen and oxygen atoms in total. The van der Waals surface area contributed by atoms with Crippen LogP contribution in [-0.4, -0.2) is 41.4 Å². The molecule has 0 unspecified atom stereocenters. The number of anilines is 2. The summed E-state index contributed by atoms with van der Waals surface area (Å²) in [5, 5.41) is 12.6. The topological polar surface area (TPSA) is 94.4 Å². The van der Waals surface area contributed by atoms with E-state index < -0.39 is 29.8 Å². The second kappa shape index (κ2) is 7.46. The van der Waals surface area contributed by atoms with Crippen LogP contribution in [0.5, 0.6) is 0 Å². The van der Waals surface area contributed by atoms with Crippen molar-refractivity contribution in [1.82, 2.24) is 5.01 Å². The van der Waals surface area contributed by atoms with Gasteiger partial charge in [-0.1, -0.05) is 40.6 Å². The molecule has 0 radical (unpaired) electrons. The van der Waals surface area contributed by atoms with Crippen LogP contribution in [0.15, 0.2) is 52.8 Å². The number of rotatable bonds is 4. The van der Waals surface area contributed by atoms with Crippen LogP contribution < -0.4 is 10.2 Å². The van der Waals surface area contributed by atoms with Gasteiger partial charge >= 0.3 is 0 Å². The minimum absolute atomic E-state index is 0.237. The van der Waals surface area contributed by atoms with Crippen LogP contribution in [0, 0.1) is 6.92 Å². The van der Waals surface area contributed by atoms with E-state index in [1.54, 1.807) is 42.5 Å². The van der Waals surface area contributed by atoms with Crippen molar-refractivity contribution in [3.63, 3.8) is 0 Å². The Morgan fingerprint density at radius 2 is 1.93 bits per heavy atom. The average molecular weight is 432 g/mol. The fraction of sp³-hybridized carbons (Fsp3) is 0.211. The predicted molar refractivity (Wildman–Crippen MR) is 108 cm³/mol. The van der Waals surface area contributed by atoms with Crippen molar-refractivity contribution in [3.05, 3.63) is 58.1 Å². The SMILES string of the molecule is Cc1ccc(N2C(=O)[C@H]3N=NN(CC(=O)Nc4cccc(Cl)c4)[C@@H]3C2=O)cc1Cl. The molecule has 0 aromatic heterocycles. The molecule has 1 saturated heterocycles. The summed E-state index contributed by atoms with van der Waals surface area (Å²) in [6, 6.07) is 9.65. The molecule has 1 N–H and O–H groups in total. The van der Waals surface area contributed by atoms with Crippen molar-refractivity contribution in [3.8, 4) is 0 Å². The Balaban J connectivity index is 1.50. The van der Waals surface area contributed by atoms with Crippen LogP contribution in [0.2, 0.25) is 10.0 Å². The van der Waals surface area contributed by atoms with Gasteiger partial charge < -0.3 is 5.32 Å². The molecule has 0 saturated carbocycles. The number of hydrogen-bond donors (Lipinski definition) is 1. The van der Waals surface area contributed by atoms with Gasteiger partial charge in [0, 0.05) is 15.7 Å². The predicted octanol–water partition coefficient (Wildman–Crippen LogP) is 3.23. The number of halogens is 2. The molecule has 2 aliphatic rings. The summed E-state index contributed by atoms with van der Waals surface area (Å²) in [5.41, 5.74) is 1.71. The molecule has 2 aromatic rings. The Kier molecular flexibility index (Phi) is 4.97. The number of fused-ring (bicyclic) bond motifs is 1. The van der Waals surface area contributed by atoms with Crippen molar-refractivity contribution in [2.45, 2.75) is 19.0 Å². The molecule has 2 aromatic carbocycles. The molecule has 10 heteroatoms. The highest BCUT2D eigenvalue weighted by atomic mass is 35.5. The Morgan fingerprint density at radius 1 is 1.14 bits per heavy atom. The highest BCUT2D eigenvalue weighted by Crippen LogP contribution is 2.33. The molecule has 2 atom stereocenters. The number of aryl methyl sites for hydroxylation is 1. The highest BCUT2D eigenvalue weighted by molar-refractivity contribution is 6.32. The number of imide groups is 1. The Labute approximate surface area is 176 Å². The van der Waals surface area contributed by atoms with E-state index in [0.717, 1.165) is 10.5 Å². The van der Waals surface area contributed by atoms with Crippen LogP contribution in [0.25, 0.3) is 0 Å². The summed E-state index contributed by atoms with van der Waals surface area (Å²) in [6.07, 6.45) is 0. The maximum Gasteiger partial charge on any atom is 0.263 e. The van der Waals surface area contributed by atoms with Crippen molar-refractivity contribution >= 4 is 52.3 Å². The molecule has 2 heterocycles. The van der Waals surface area contributed by atoms with Gasteiger partial charge in [-0.15, -0.1) is 0 Å². The van der Waals surface area contributed by atoms with E-state index >= 15 is 0 Å². The number of benzene rings is 2. The molecule has 0 spiro atoms. The summed E-state index contributed by atoms with van der Waals surface area (Å²) >= 11 is 12.0. The monoisotopic (exact) mass is 431 g/mol. The molecule has 1 fully saturated rings. The largest absolute Gasteiger partial charge is 0.324 e. The molecule has 0 bridgehead atoms. The van der Waals surface area contributed by atoms with E-state index in [-0.39, 0.29) is 6.54 Å². The Hall–Kier alpha value is -2.97. The lowest BCUT2D eigenvalue weighted by atomic mass is 10.1.